The molecule has 0 aliphatic carbocycles. The van der Waals surface area contributed by atoms with E-state index >= 15 is 0 Å². The quantitative estimate of drug-likeness (QED) is 0.307. The van der Waals surface area contributed by atoms with E-state index in [1.165, 1.54) is 31.5 Å². The number of nitrogens with one attached hydrogen (secondary N) is 2. The van der Waals surface area contributed by atoms with E-state index in [1.807, 2.05) is 60.6 Å². The molecule has 2 aromatic carbocycles. The molecule has 2 aliphatic rings. The summed E-state index contributed by atoms with van der Waals surface area (Å²) >= 11 is 8.15. The van der Waals surface area contributed by atoms with Crippen LogP contribution in [0.5, 0.6) is 0 Å². The summed E-state index contributed by atoms with van der Waals surface area (Å²) in [5.41, 5.74) is 7.33. The highest BCUT2D eigenvalue weighted by Gasteiger charge is 2.27. The standard InChI is InChI=1S/C25H22ClN3OS.C4H9N/c1-3-15-10-17(26)11-21(23(15)27-2)20-8-9-28-22-12-18(31-24(20)22)14-29-13-16-6-4-5-7-19(16)25(29)30;1-2-4-5-3-1/h4-12,27H,3,13-14H2,1-2H3;5H,1-4H2. The number of aromatic nitrogens is 1. The Bertz CT molecular complexity index is 1390. The largest absolute Gasteiger partial charge is 0.387 e. The van der Waals surface area contributed by atoms with Crippen LogP contribution >= 0.6 is 22.9 Å². The van der Waals surface area contributed by atoms with E-state index < -0.39 is 0 Å². The lowest BCUT2D eigenvalue weighted by Gasteiger charge is -2.15. The highest BCUT2D eigenvalue weighted by atomic mass is 35.5. The summed E-state index contributed by atoms with van der Waals surface area (Å²) in [6.45, 7) is 5.87. The number of carbonyl (C=O) groups excluding carboxylic acids is 1. The van der Waals surface area contributed by atoms with Gasteiger partial charge in [0.2, 0.25) is 0 Å². The highest BCUT2D eigenvalue weighted by Crippen LogP contribution is 2.40. The van der Waals surface area contributed by atoms with Crippen molar-refractivity contribution in [3.05, 3.63) is 81.3 Å². The van der Waals surface area contributed by atoms with Crippen LogP contribution in [0.15, 0.2) is 54.7 Å². The Hall–Kier alpha value is -2.93. The average molecular weight is 519 g/mol. The van der Waals surface area contributed by atoms with E-state index in [9.17, 15) is 4.79 Å². The molecule has 2 aromatic heterocycles. The Morgan fingerprint density at radius 2 is 1.89 bits per heavy atom. The molecule has 1 fully saturated rings. The number of pyridine rings is 1. The molecule has 0 unspecified atom stereocenters. The summed E-state index contributed by atoms with van der Waals surface area (Å²) < 4.78 is 1.11. The summed E-state index contributed by atoms with van der Waals surface area (Å²) in [6, 6.07) is 16.0. The number of fused-ring (bicyclic) bond motifs is 2. The van der Waals surface area contributed by atoms with Gasteiger partial charge in [0.1, 0.15) is 0 Å². The number of rotatable bonds is 5. The Kier molecular flexibility index (Phi) is 7.56. The maximum absolute atomic E-state index is 12.8. The molecule has 36 heavy (non-hydrogen) atoms. The van der Waals surface area contributed by atoms with Crippen molar-refractivity contribution in [2.75, 3.05) is 25.5 Å². The second-order valence-corrected chi connectivity index (χ2v) is 10.7. The monoisotopic (exact) mass is 518 g/mol. The Morgan fingerprint density at radius 3 is 2.58 bits per heavy atom. The lowest BCUT2D eigenvalue weighted by atomic mass is 9.99. The lowest BCUT2D eigenvalue weighted by Crippen LogP contribution is -2.22. The summed E-state index contributed by atoms with van der Waals surface area (Å²) in [6.07, 6.45) is 5.52. The molecule has 0 saturated carbocycles. The van der Waals surface area contributed by atoms with E-state index in [-0.39, 0.29) is 5.91 Å². The minimum absolute atomic E-state index is 0.0983. The molecule has 0 radical (unpaired) electrons. The number of halogens is 1. The molecular weight excluding hydrogens is 488 g/mol. The molecule has 4 heterocycles. The van der Waals surface area contributed by atoms with Gasteiger partial charge in [0.25, 0.3) is 5.91 Å². The van der Waals surface area contributed by atoms with E-state index in [1.54, 1.807) is 11.3 Å². The first kappa shape index (κ1) is 24.8. The number of amides is 1. The third-order valence-electron chi connectivity index (χ3n) is 6.77. The molecule has 4 aromatic rings. The maximum atomic E-state index is 12.8. The van der Waals surface area contributed by atoms with E-state index in [2.05, 4.69) is 28.6 Å². The molecular formula is C29H31ClN4OS. The zero-order valence-corrected chi connectivity index (χ0v) is 22.3. The highest BCUT2D eigenvalue weighted by molar-refractivity contribution is 7.19. The topological polar surface area (TPSA) is 57.3 Å². The van der Waals surface area contributed by atoms with Crippen molar-refractivity contribution in [3.8, 4) is 11.1 Å². The molecule has 1 saturated heterocycles. The summed E-state index contributed by atoms with van der Waals surface area (Å²) in [5, 5.41) is 7.31. The third-order valence-corrected chi connectivity index (χ3v) is 8.13. The van der Waals surface area contributed by atoms with Crippen molar-refractivity contribution in [1.82, 2.24) is 15.2 Å². The van der Waals surface area contributed by atoms with Gasteiger partial charge in [0.05, 0.1) is 16.8 Å². The summed E-state index contributed by atoms with van der Waals surface area (Å²) in [4.78, 5) is 20.4. The van der Waals surface area contributed by atoms with Crippen LogP contribution in [0.25, 0.3) is 21.3 Å². The van der Waals surface area contributed by atoms with Gasteiger partial charge >= 0.3 is 0 Å². The number of carbonyl (C=O) groups is 1. The molecule has 5 nitrogen and oxygen atoms in total. The predicted molar refractivity (Wildman–Crippen MR) is 151 cm³/mol. The van der Waals surface area contributed by atoms with Crippen LogP contribution in [0.2, 0.25) is 5.02 Å². The van der Waals surface area contributed by atoms with Crippen LogP contribution in [-0.4, -0.2) is 35.9 Å². The number of aryl methyl sites for hydroxylation is 1. The van der Waals surface area contributed by atoms with Crippen molar-refractivity contribution in [2.45, 2.75) is 39.3 Å². The number of thiophene rings is 1. The molecule has 0 spiro atoms. The van der Waals surface area contributed by atoms with Crippen molar-refractivity contribution in [2.24, 2.45) is 0 Å². The molecule has 1 amide bonds. The second-order valence-electron chi connectivity index (χ2n) is 9.15. The van der Waals surface area contributed by atoms with Gasteiger partial charge in [0.15, 0.2) is 0 Å². The van der Waals surface area contributed by atoms with Crippen molar-refractivity contribution in [3.63, 3.8) is 0 Å². The van der Waals surface area contributed by atoms with Gasteiger partial charge in [-0.1, -0.05) is 36.7 Å². The fourth-order valence-corrected chi connectivity index (χ4v) is 6.38. The van der Waals surface area contributed by atoms with Crippen molar-refractivity contribution >= 4 is 44.7 Å². The van der Waals surface area contributed by atoms with Crippen LogP contribution < -0.4 is 10.6 Å². The smallest absolute Gasteiger partial charge is 0.254 e. The Balaban J connectivity index is 0.000000477. The lowest BCUT2D eigenvalue weighted by molar-refractivity contribution is 0.0768. The SMILES string of the molecule is C1CCNC1.CCc1cc(Cl)cc(-c2ccnc3cc(CN4Cc5ccccc5C4=O)sc23)c1NC. The van der Waals surface area contributed by atoms with E-state index in [4.69, 9.17) is 11.6 Å². The van der Waals surface area contributed by atoms with Gasteiger partial charge < -0.3 is 15.5 Å². The Morgan fingerprint density at radius 1 is 1.08 bits per heavy atom. The van der Waals surface area contributed by atoms with Gasteiger partial charge in [0, 0.05) is 52.1 Å². The zero-order valence-electron chi connectivity index (χ0n) is 20.7. The molecule has 2 N–H and O–H groups in total. The second kappa shape index (κ2) is 11.0. The first-order valence-electron chi connectivity index (χ1n) is 12.5. The third kappa shape index (κ3) is 4.99. The van der Waals surface area contributed by atoms with Crippen LogP contribution in [0.4, 0.5) is 5.69 Å². The minimum atomic E-state index is 0.0983. The fraction of sp³-hybridized carbons (Fsp3) is 0.310. The number of anilines is 1. The number of hydrogen-bond donors (Lipinski definition) is 2. The van der Waals surface area contributed by atoms with Gasteiger partial charge in [-0.25, -0.2) is 0 Å². The predicted octanol–water partition coefficient (Wildman–Crippen LogP) is 6.75. The van der Waals surface area contributed by atoms with Crippen LogP contribution in [0, 0.1) is 0 Å². The zero-order chi connectivity index (χ0) is 25.1. The first-order valence-corrected chi connectivity index (χ1v) is 13.7. The van der Waals surface area contributed by atoms with Gasteiger partial charge in [-0.15, -0.1) is 11.3 Å². The molecule has 7 heteroatoms. The summed E-state index contributed by atoms with van der Waals surface area (Å²) in [5.74, 6) is 0.0983. The molecule has 6 rings (SSSR count). The molecule has 0 bridgehead atoms. The molecule has 2 aliphatic heterocycles. The number of benzene rings is 2. The Labute approximate surface area is 221 Å². The molecule has 186 valence electrons. The van der Waals surface area contributed by atoms with Crippen LogP contribution in [0.3, 0.4) is 0 Å². The van der Waals surface area contributed by atoms with Crippen molar-refractivity contribution in [1.29, 1.82) is 0 Å². The number of nitrogens with zero attached hydrogens (tertiary/aromatic N) is 2. The van der Waals surface area contributed by atoms with Gasteiger partial charge in [-0.3, -0.25) is 9.78 Å². The maximum Gasteiger partial charge on any atom is 0.254 e. The van der Waals surface area contributed by atoms with E-state index in [0.29, 0.717) is 13.1 Å². The van der Waals surface area contributed by atoms with Crippen LogP contribution in [-0.2, 0) is 19.5 Å². The number of hydrogen-bond acceptors (Lipinski definition) is 5. The minimum Gasteiger partial charge on any atom is -0.387 e. The van der Waals surface area contributed by atoms with Gasteiger partial charge in [-0.2, -0.15) is 0 Å². The average Bonchev–Trinajstić information content (AvgIpc) is 3.65. The normalized spacial score (nSPS) is 14.6. The van der Waals surface area contributed by atoms with Gasteiger partial charge in [-0.05, 0) is 73.8 Å². The van der Waals surface area contributed by atoms with Crippen LogP contribution in [0.1, 0.15) is 46.1 Å². The fourth-order valence-electron chi connectivity index (χ4n) is 4.98. The molecule has 0 atom stereocenters. The first-order chi connectivity index (χ1) is 17.6. The summed E-state index contributed by atoms with van der Waals surface area (Å²) in [7, 11) is 1.95. The van der Waals surface area contributed by atoms with Crippen molar-refractivity contribution < 1.29 is 4.79 Å². The van der Waals surface area contributed by atoms with E-state index in [0.717, 1.165) is 54.5 Å².